The van der Waals surface area contributed by atoms with Gasteiger partial charge in [0.2, 0.25) is 0 Å². The van der Waals surface area contributed by atoms with Gasteiger partial charge >= 0.3 is 0 Å². The van der Waals surface area contributed by atoms with E-state index in [0.29, 0.717) is 0 Å². The monoisotopic (exact) mass is 198 g/mol. The Morgan fingerprint density at radius 2 is 1.73 bits per heavy atom. The molecule has 0 bridgehead atoms. The second-order valence-corrected chi connectivity index (χ2v) is 4.20. The quantitative estimate of drug-likeness (QED) is 0.494. The summed E-state index contributed by atoms with van der Waals surface area (Å²) in [5.74, 6) is 0. The van der Waals surface area contributed by atoms with Crippen LogP contribution in [0, 0.1) is 5.41 Å². The van der Waals surface area contributed by atoms with E-state index in [1.165, 1.54) is 5.56 Å². The molecule has 0 aliphatic carbocycles. The Kier molecular flexibility index (Phi) is 3.68. The van der Waals surface area contributed by atoms with Gasteiger partial charge in [-0.05, 0) is 11.1 Å². The zero-order valence-corrected chi connectivity index (χ0v) is 9.53. The average molecular weight is 198 g/mol. The van der Waals surface area contributed by atoms with Crippen LogP contribution in [0.3, 0.4) is 0 Å². The molecule has 0 heterocycles. The summed E-state index contributed by atoms with van der Waals surface area (Å²) in [4.78, 5) is 0. The van der Waals surface area contributed by atoms with Crippen LogP contribution in [0.2, 0.25) is 0 Å². The fraction of sp³-hybridized carbons (Fsp3) is 0.200. The van der Waals surface area contributed by atoms with Gasteiger partial charge in [-0.2, -0.15) is 0 Å². The van der Waals surface area contributed by atoms with E-state index in [0.717, 1.165) is 5.57 Å². The summed E-state index contributed by atoms with van der Waals surface area (Å²) in [6, 6.07) is 10.3. The van der Waals surface area contributed by atoms with Crippen molar-refractivity contribution in [2.45, 2.75) is 13.8 Å². The van der Waals surface area contributed by atoms with Crippen LogP contribution in [0.15, 0.2) is 61.7 Å². The molecule has 0 aliphatic rings. The minimum atomic E-state index is -0.000630. The van der Waals surface area contributed by atoms with E-state index < -0.39 is 0 Å². The standard InChI is InChI=1S/C15H18/c1-5-13(12-15(3,4)6-2)14-10-8-7-9-11-14/h5-12H,1-2H2,3-4H3/b13-12+. The van der Waals surface area contributed by atoms with Gasteiger partial charge in [-0.3, -0.25) is 0 Å². The average Bonchev–Trinajstić information content (AvgIpc) is 2.27. The van der Waals surface area contributed by atoms with Crippen molar-refractivity contribution in [3.05, 3.63) is 67.3 Å². The SMILES string of the molecule is C=C/C(=C\C(C)(C)C=C)c1ccccc1. The van der Waals surface area contributed by atoms with Crippen molar-refractivity contribution in [1.82, 2.24) is 0 Å². The van der Waals surface area contributed by atoms with E-state index in [1.54, 1.807) is 0 Å². The van der Waals surface area contributed by atoms with E-state index in [1.807, 2.05) is 30.4 Å². The summed E-state index contributed by atoms with van der Waals surface area (Å²) < 4.78 is 0. The van der Waals surface area contributed by atoms with Gasteiger partial charge in [-0.25, -0.2) is 0 Å². The molecule has 0 saturated heterocycles. The molecule has 0 aromatic heterocycles. The lowest BCUT2D eigenvalue weighted by Gasteiger charge is -2.16. The van der Waals surface area contributed by atoms with Crippen LogP contribution in [-0.2, 0) is 0 Å². The van der Waals surface area contributed by atoms with Gasteiger partial charge in [0.25, 0.3) is 0 Å². The van der Waals surface area contributed by atoms with Crippen molar-refractivity contribution < 1.29 is 0 Å². The second-order valence-electron chi connectivity index (χ2n) is 4.20. The van der Waals surface area contributed by atoms with Gasteiger partial charge in [-0.15, -0.1) is 6.58 Å². The first-order chi connectivity index (χ1) is 7.09. The van der Waals surface area contributed by atoms with Crippen molar-refractivity contribution in [1.29, 1.82) is 0 Å². The van der Waals surface area contributed by atoms with Gasteiger partial charge in [0, 0.05) is 5.41 Å². The third-order valence-electron chi connectivity index (χ3n) is 2.38. The Balaban J connectivity index is 3.10. The summed E-state index contributed by atoms with van der Waals surface area (Å²) in [6.45, 7) is 12.0. The maximum atomic E-state index is 3.85. The minimum absolute atomic E-state index is 0.000630. The van der Waals surface area contributed by atoms with Gasteiger partial charge in [0.05, 0.1) is 0 Å². The Morgan fingerprint density at radius 3 is 2.20 bits per heavy atom. The molecule has 0 amide bonds. The third kappa shape index (κ3) is 3.25. The lowest BCUT2D eigenvalue weighted by atomic mass is 9.89. The summed E-state index contributed by atoms with van der Waals surface area (Å²) in [5, 5.41) is 0. The molecule has 15 heavy (non-hydrogen) atoms. The lowest BCUT2D eigenvalue weighted by molar-refractivity contribution is 0.630. The fourth-order valence-corrected chi connectivity index (χ4v) is 1.35. The number of allylic oxidation sites excluding steroid dienone is 4. The highest BCUT2D eigenvalue weighted by molar-refractivity contribution is 5.74. The van der Waals surface area contributed by atoms with Gasteiger partial charge in [0.15, 0.2) is 0 Å². The zero-order chi connectivity index (χ0) is 11.3. The molecule has 1 aromatic rings. The normalized spacial score (nSPS) is 12.3. The molecule has 0 atom stereocenters. The maximum Gasteiger partial charge on any atom is 0.00109 e. The molecule has 0 heteroatoms. The van der Waals surface area contributed by atoms with E-state index in [2.05, 4.69) is 45.2 Å². The number of hydrogen-bond donors (Lipinski definition) is 0. The molecule has 0 aliphatic heterocycles. The highest BCUT2D eigenvalue weighted by Gasteiger charge is 2.10. The second kappa shape index (κ2) is 4.79. The van der Waals surface area contributed by atoms with E-state index >= 15 is 0 Å². The molecule has 0 unspecified atom stereocenters. The molecule has 0 saturated carbocycles. The predicted octanol–water partition coefficient (Wildman–Crippen LogP) is 4.47. The summed E-state index contributed by atoms with van der Waals surface area (Å²) in [6.07, 6.45) is 6.02. The summed E-state index contributed by atoms with van der Waals surface area (Å²) >= 11 is 0. The number of rotatable bonds is 4. The first-order valence-electron chi connectivity index (χ1n) is 5.13. The Bertz CT molecular complexity index is 366. The van der Waals surface area contributed by atoms with Crippen molar-refractivity contribution in [3.8, 4) is 0 Å². The van der Waals surface area contributed by atoms with E-state index in [-0.39, 0.29) is 5.41 Å². The summed E-state index contributed by atoms with van der Waals surface area (Å²) in [5.41, 5.74) is 2.35. The first-order valence-corrected chi connectivity index (χ1v) is 5.13. The number of hydrogen-bond acceptors (Lipinski definition) is 0. The predicted molar refractivity (Wildman–Crippen MR) is 68.6 cm³/mol. The highest BCUT2D eigenvalue weighted by atomic mass is 14.1. The Morgan fingerprint density at radius 1 is 1.13 bits per heavy atom. The van der Waals surface area contributed by atoms with Crippen LogP contribution in [0.4, 0.5) is 0 Å². The topological polar surface area (TPSA) is 0 Å². The van der Waals surface area contributed by atoms with Gasteiger partial charge < -0.3 is 0 Å². The fourth-order valence-electron chi connectivity index (χ4n) is 1.35. The molecule has 0 fully saturated rings. The summed E-state index contributed by atoms with van der Waals surface area (Å²) in [7, 11) is 0. The maximum absolute atomic E-state index is 3.85. The van der Waals surface area contributed by atoms with Crippen molar-refractivity contribution in [3.63, 3.8) is 0 Å². The van der Waals surface area contributed by atoms with Crippen LogP contribution in [0.25, 0.3) is 5.57 Å². The van der Waals surface area contributed by atoms with Crippen molar-refractivity contribution in [2.75, 3.05) is 0 Å². The molecule has 0 radical (unpaired) electrons. The largest absolute Gasteiger partial charge is 0.102 e. The van der Waals surface area contributed by atoms with Crippen LogP contribution >= 0.6 is 0 Å². The van der Waals surface area contributed by atoms with Gasteiger partial charge in [-0.1, -0.05) is 69.0 Å². The Hall–Kier alpha value is -1.56. The molecule has 1 aromatic carbocycles. The molecular formula is C15H18. The lowest BCUT2D eigenvalue weighted by Crippen LogP contribution is -2.02. The minimum Gasteiger partial charge on any atom is -0.102 e. The smallest absolute Gasteiger partial charge is 0.00109 e. The molecule has 1 rings (SSSR count). The third-order valence-corrected chi connectivity index (χ3v) is 2.38. The zero-order valence-electron chi connectivity index (χ0n) is 9.53. The van der Waals surface area contributed by atoms with Gasteiger partial charge in [0.1, 0.15) is 0 Å². The van der Waals surface area contributed by atoms with Crippen LogP contribution in [0.5, 0.6) is 0 Å². The van der Waals surface area contributed by atoms with Crippen molar-refractivity contribution >= 4 is 5.57 Å². The van der Waals surface area contributed by atoms with Crippen LogP contribution in [-0.4, -0.2) is 0 Å². The molecular weight excluding hydrogens is 180 g/mol. The molecule has 0 nitrogen and oxygen atoms in total. The first kappa shape index (κ1) is 11.5. The Labute approximate surface area is 92.6 Å². The highest BCUT2D eigenvalue weighted by Crippen LogP contribution is 2.25. The van der Waals surface area contributed by atoms with Crippen molar-refractivity contribution in [2.24, 2.45) is 5.41 Å². The van der Waals surface area contributed by atoms with E-state index in [9.17, 15) is 0 Å². The molecule has 0 N–H and O–H groups in total. The molecule has 0 spiro atoms. The molecule has 78 valence electrons. The number of benzene rings is 1. The van der Waals surface area contributed by atoms with Crippen LogP contribution in [0.1, 0.15) is 19.4 Å². The van der Waals surface area contributed by atoms with E-state index in [4.69, 9.17) is 0 Å². The van der Waals surface area contributed by atoms with Crippen LogP contribution < -0.4 is 0 Å².